The van der Waals surface area contributed by atoms with Gasteiger partial charge in [-0.1, -0.05) is 48.5 Å². The standard InChI is InChI=1S/C24H18BrN3O4/c25-22-13-18(11-20(14-26)24(29)27-15-17-5-2-1-3-6-17)9-10-23(22)32-16-19-7-4-8-21(12-19)28(30)31/h1-13H,15-16H2,(H,27,29)/b20-11-. The number of nitrogens with one attached hydrogen (secondary N) is 1. The predicted molar refractivity (Wildman–Crippen MR) is 123 cm³/mol. The van der Waals surface area contributed by atoms with Crippen LogP contribution in [0.2, 0.25) is 0 Å². The fraction of sp³-hybridized carbons (Fsp3) is 0.0833. The number of nitro groups is 1. The van der Waals surface area contributed by atoms with Crippen LogP contribution in [0.25, 0.3) is 6.08 Å². The molecule has 1 amide bonds. The summed E-state index contributed by atoms with van der Waals surface area (Å²) in [6.45, 7) is 0.480. The van der Waals surface area contributed by atoms with Gasteiger partial charge < -0.3 is 10.1 Å². The summed E-state index contributed by atoms with van der Waals surface area (Å²) in [5.74, 6) is 0.0687. The summed E-state index contributed by atoms with van der Waals surface area (Å²) in [5, 5.41) is 23.0. The van der Waals surface area contributed by atoms with E-state index in [1.165, 1.54) is 18.2 Å². The number of nitrogens with zero attached hydrogens (tertiary/aromatic N) is 2. The molecule has 7 nitrogen and oxygen atoms in total. The minimum absolute atomic E-state index is 0.000208. The Balaban J connectivity index is 1.65. The number of hydrogen-bond donors (Lipinski definition) is 1. The Morgan fingerprint density at radius 1 is 1.09 bits per heavy atom. The number of amides is 1. The minimum atomic E-state index is -0.460. The quantitative estimate of drug-likeness (QED) is 0.202. The maximum absolute atomic E-state index is 12.4. The van der Waals surface area contributed by atoms with Crippen molar-refractivity contribution in [1.82, 2.24) is 5.32 Å². The van der Waals surface area contributed by atoms with Crippen LogP contribution in [-0.4, -0.2) is 10.8 Å². The van der Waals surface area contributed by atoms with Crippen molar-refractivity contribution in [2.45, 2.75) is 13.2 Å². The number of nitriles is 1. The van der Waals surface area contributed by atoms with Crippen LogP contribution in [0.4, 0.5) is 5.69 Å². The third kappa shape index (κ3) is 6.27. The highest BCUT2D eigenvalue weighted by Gasteiger charge is 2.11. The number of carbonyl (C=O) groups is 1. The first-order chi connectivity index (χ1) is 15.5. The van der Waals surface area contributed by atoms with Gasteiger partial charge in [-0.2, -0.15) is 5.26 Å². The molecule has 3 aromatic rings. The van der Waals surface area contributed by atoms with E-state index in [0.29, 0.717) is 27.9 Å². The van der Waals surface area contributed by atoms with Crippen LogP contribution in [0.3, 0.4) is 0 Å². The molecule has 0 radical (unpaired) electrons. The Morgan fingerprint density at radius 2 is 1.84 bits per heavy atom. The van der Waals surface area contributed by atoms with E-state index in [0.717, 1.165) is 5.56 Å². The third-order valence-electron chi connectivity index (χ3n) is 4.44. The number of carbonyl (C=O) groups excluding carboxylic acids is 1. The second-order valence-corrected chi connectivity index (χ2v) is 7.60. The Hall–Kier alpha value is -3.96. The molecule has 0 aliphatic rings. The fourth-order valence-corrected chi connectivity index (χ4v) is 3.34. The third-order valence-corrected chi connectivity index (χ3v) is 5.06. The van der Waals surface area contributed by atoms with E-state index in [1.807, 2.05) is 36.4 Å². The Labute approximate surface area is 193 Å². The van der Waals surface area contributed by atoms with Crippen LogP contribution < -0.4 is 10.1 Å². The Bertz CT molecular complexity index is 1200. The largest absolute Gasteiger partial charge is 0.488 e. The zero-order valence-electron chi connectivity index (χ0n) is 16.8. The van der Waals surface area contributed by atoms with Gasteiger partial charge in [-0.15, -0.1) is 0 Å². The van der Waals surface area contributed by atoms with Crippen LogP contribution in [-0.2, 0) is 17.9 Å². The highest BCUT2D eigenvalue weighted by atomic mass is 79.9. The van der Waals surface area contributed by atoms with Crippen molar-refractivity contribution in [2.75, 3.05) is 0 Å². The molecule has 160 valence electrons. The molecule has 0 saturated carbocycles. The molecule has 0 fully saturated rings. The number of rotatable bonds is 8. The van der Waals surface area contributed by atoms with Crippen LogP contribution in [0.15, 0.2) is 82.8 Å². The normalized spacial score (nSPS) is 10.8. The Morgan fingerprint density at radius 3 is 2.53 bits per heavy atom. The van der Waals surface area contributed by atoms with Crippen molar-refractivity contribution in [3.63, 3.8) is 0 Å². The molecule has 0 heterocycles. The smallest absolute Gasteiger partial charge is 0.269 e. The SMILES string of the molecule is N#C/C(=C/c1ccc(OCc2cccc([N+](=O)[O-])c2)c(Br)c1)C(=O)NCc1ccccc1. The lowest BCUT2D eigenvalue weighted by atomic mass is 10.1. The lowest BCUT2D eigenvalue weighted by molar-refractivity contribution is -0.384. The molecule has 3 aromatic carbocycles. The van der Waals surface area contributed by atoms with E-state index in [2.05, 4.69) is 21.2 Å². The van der Waals surface area contributed by atoms with Gasteiger partial charge in [0.25, 0.3) is 11.6 Å². The zero-order chi connectivity index (χ0) is 22.9. The monoisotopic (exact) mass is 491 g/mol. The van der Waals surface area contributed by atoms with E-state index in [4.69, 9.17) is 4.74 Å². The van der Waals surface area contributed by atoms with Gasteiger partial charge in [0.15, 0.2) is 0 Å². The topological polar surface area (TPSA) is 105 Å². The summed E-state index contributed by atoms with van der Waals surface area (Å²) in [7, 11) is 0. The summed E-state index contributed by atoms with van der Waals surface area (Å²) in [5.41, 5.74) is 2.23. The summed E-state index contributed by atoms with van der Waals surface area (Å²) >= 11 is 3.42. The molecule has 0 aliphatic carbocycles. The minimum Gasteiger partial charge on any atom is -0.488 e. The molecule has 32 heavy (non-hydrogen) atoms. The average Bonchev–Trinajstić information content (AvgIpc) is 2.81. The summed E-state index contributed by atoms with van der Waals surface area (Å²) in [6.07, 6.45) is 1.50. The molecule has 8 heteroatoms. The fourth-order valence-electron chi connectivity index (χ4n) is 2.83. The summed E-state index contributed by atoms with van der Waals surface area (Å²) in [4.78, 5) is 22.8. The van der Waals surface area contributed by atoms with Gasteiger partial charge in [0.2, 0.25) is 0 Å². The summed E-state index contributed by atoms with van der Waals surface area (Å²) in [6, 6.07) is 22.7. The van der Waals surface area contributed by atoms with Crippen LogP contribution in [0.5, 0.6) is 5.75 Å². The molecule has 0 saturated heterocycles. The van der Waals surface area contributed by atoms with Gasteiger partial charge in [-0.25, -0.2) is 0 Å². The first-order valence-electron chi connectivity index (χ1n) is 9.56. The Kier molecular flexibility index (Phi) is 7.73. The van der Waals surface area contributed by atoms with E-state index >= 15 is 0 Å². The van der Waals surface area contributed by atoms with Gasteiger partial charge in [0, 0.05) is 18.7 Å². The van der Waals surface area contributed by atoms with Crippen LogP contribution in [0, 0.1) is 21.4 Å². The van der Waals surface area contributed by atoms with Gasteiger partial charge in [0.05, 0.1) is 9.40 Å². The first kappa shape index (κ1) is 22.7. The van der Waals surface area contributed by atoms with E-state index < -0.39 is 10.8 Å². The number of halogens is 1. The van der Waals surface area contributed by atoms with Gasteiger partial charge in [-0.05, 0) is 50.8 Å². The number of benzene rings is 3. The second-order valence-electron chi connectivity index (χ2n) is 6.74. The summed E-state index contributed by atoms with van der Waals surface area (Å²) < 4.78 is 6.37. The van der Waals surface area contributed by atoms with Gasteiger partial charge >= 0.3 is 0 Å². The van der Waals surface area contributed by atoms with Crippen molar-refractivity contribution >= 4 is 33.6 Å². The predicted octanol–water partition coefficient (Wildman–Crippen LogP) is 5.16. The van der Waals surface area contributed by atoms with Crippen molar-refractivity contribution in [1.29, 1.82) is 5.26 Å². The van der Waals surface area contributed by atoms with E-state index in [9.17, 15) is 20.2 Å². The maximum atomic E-state index is 12.4. The highest BCUT2D eigenvalue weighted by Crippen LogP contribution is 2.28. The molecule has 3 rings (SSSR count). The van der Waals surface area contributed by atoms with Gasteiger partial charge in [0.1, 0.15) is 24.0 Å². The number of ether oxygens (including phenoxy) is 1. The number of hydrogen-bond acceptors (Lipinski definition) is 5. The lowest BCUT2D eigenvalue weighted by Gasteiger charge is -2.09. The van der Waals surface area contributed by atoms with Crippen molar-refractivity contribution in [3.8, 4) is 11.8 Å². The van der Waals surface area contributed by atoms with Crippen molar-refractivity contribution < 1.29 is 14.5 Å². The molecular weight excluding hydrogens is 474 g/mol. The molecule has 0 atom stereocenters. The maximum Gasteiger partial charge on any atom is 0.269 e. The van der Waals surface area contributed by atoms with Gasteiger partial charge in [-0.3, -0.25) is 14.9 Å². The molecule has 0 aromatic heterocycles. The van der Waals surface area contributed by atoms with Crippen LogP contribution >= 0.6 is 15.9 Å². The first-order valence-corrected chi connectivity index (χ1v) is 10.3. The van der Waals surface area contributed by atoms with Crippen molar-refractivity contribution in [2.24, 2.45) is 0 Å². The van der Waals surface area contributed by atoms with Crippen LogP contribution in [0.1, 0.15) is 16.7 Å². The molecule has 0 spiro atoms. The average molecular weight is 492 g/mol. The zero-order valence-corrected chi connectivity index (χ0v) is 18.4. The number of nitro benzene ring substituents is 1. The van der Waals surface area contributed by atoms with E-state index in [-0.39, 0.29) is 17.9 Å². The molecular formula is C24H18BrN3O4. The van der Waals surface area contributed by atoms with Crippen molar-refractivity contribution in [3.05, 3.63) is 110 Å². The molecule has 0 bridgehead atoms. The molecule has 1 N–H and O–H groups in total. The number of non-ortho nitro benzene ring substituents is 1. The second kappa shape index (κ2) is 10.9. The highest BCUT2D eigenvalue weighted by molar-refractivity contribution is 9.10. The molecule has 0 unspecified atom stereocenters. The molecule has 0 aliphatic heterocycles. The van der Waals surface area contributed by atoms with E-state index in [1.54, 1.807) is 30.3 Å². The lowest BCUT2D eigenvalue weighted by Crippen LogP contribution is -2.23.